The van der Waals surface area contributed by atoms with Gasteiger partial charge >= 0.3 is 6.03 Å². The molecular formula is C18H25N5O2S. The van der Waals surface area contributed by atoms with Gasteiger partial charge in [0.25, 0.3) is 0 Å². The number of aromatic nitrogens is 3. The molecule has 2 aromatic rings. The van der Waals surface area contributed by atoms with E-state index in [1.54, 1.807) is 13.8 Å². The summed E-state index contributed by atoms with van der Waals surface area (Å²) < 4.78 is 2.05. The van der Waals surface area contributed by atoms with Crippen molar-refractivity contribution in [3.63, 3.8) is 0 Å². The number of carbonyl (C=O) groups excluding carboxylic acids is 2. The maximum atomic E-state index is 12.2. The molecule has 0 aliphatic carbocycles. The van der Waals surface area contributed by atoms with Crippen LogP contribution >= 0.6 is 11.8 Å². The number of rotatable bonds is 7. The molecule has 0 fully saturated rings. The fourth-order valence-corrected chi connectivity index (χ4v) is 3.30. The molecule has 7 nitrogen and oxygen atoms in total. The molecule has 1 aromatic heterocycles. The van der Waals surface area contributed by atoms with Gasteiger partial charge in [-0.25, -0.2) is 4.79 Å². The van der Waals surface area contributed by atoms with E-state index in [0.29, 0.717) is 11.7 Å². The minimum Gasteiger partial charge on any atom is -0.338 e. The topological polar surface area (TPSA) is 88.9 Å². The molecular weight excluding hydrogens is 350 g/mol. The number of hydrogen-bond donors (Lipinski definition) is 2. The minimum atomic E-state index is -0.488. The fraction of sp³-hybridized carbons (Fsp3) is 0.444. The zero-order valence-electron chi connectivity index (χ0n) is 15.5. The highest BCUT2D eigenvalue weighted by atomic mass is 32.2. The third kappa shape index (κ3) is 4.85. The standard InChI is InChI=1S/C18H25N5O2S/c1-5-12(3)23-15(14-10-8-7-9-11-14)21-22-18(23)26-13(4)16(24)20-17(25)19-6-2/h7-13H,5-6H2,1-4H3,(H2,19,20,24,25)/t12-,13-/m1/s1. The Labute approximate surface area is 158 Å². The van der Waals surface area contributed by atoms with Crippen LogP contribution in [-0.4, -0.2) is 38.5 Å². The first kappa shape index (κ1) is 20.0. The molecule has 2 N–H and O–H groups in total. The molecule has 1 heterocycles. The van der Waals surface area contributed by atoms with Crippen LogP contribution in [0.5, 0.6) is 0 Å². The molecule has 0 saturated carbocycles. The highest BCUT2D eigenvalue weighted by Crippen LogP contribution is 2.30. The zero-order chi connectivity index (χ0) is 19.1. The van der Waals surface area contributed by atoms with Crippen molar-refractivity contribution in [3.8, 4) is 11.4 Å². The highest BCUT2D eigenvalue weighted by Gasteiger charge is 2.23. The Morgan fingerprint density at radius 1 is 1.15 bits per heavy atom. The van der Waals surface area contributed by atoms with Gasteiger partial charge in [-0.2, -0.15) is 0 Å². The minimum absolute atomic E-state index is 0.182. The van der Waals surface area contributed by atoms with Gasteiger partial charge in [-0.3, -0.25) is 14.7 Å². The van der Waals surface area contributed by atoms with Crippen LogP contribution in [0, 0.1) is 0 Å². The fourth-order valence-electron chi connectivity index (χ4n) is 2.35. The first-order valence-corrected chi connectivity index (χ1v) is 9.61. The van der Waals surface area contributed by atoms with Gasteiger partial charge in [0.1, 0.15) is 0 Å². The third-order valence-corrected chi connectivity index (χ3v) is 5.01. The predicted molar refractivity (Wildman–Crippen MR) is 103 cm³/mol. The number of carbonyl (C=O) groups is 2. The number of amides is 3. The zero-order valence-corrected chi connectivity index (χ0v) is 16.3. The Kier molecular flexibility index (Phi) is 7.20. The van der Waals surface area contributed by atoms with E-state index < -0.39 is 11.3 Å². The van der Waals surface area contributed by atoms with Gasteiger partial charge in [0.15, 0.2) is 11.0 Å². The second-order valence-corrected chi connectivity index (χ2v) is 7.22. The van der Waals surface area contributed by atoms with Gasteiger partial charge in [-0.15, -0.1) is 10.2 Å². The molecule has 0 aliphatic rings. The lowest BCUT2D eigenvalue weighted by Crippen LogP contribution is -2.42. The van der Waals surface area contributed by atoms with Gasteiger partial charge in [0.2, 0.25) is 5.91 Å². The van der Waals surface area contributed by atoms with E-state index >= 15 is 0 Å². The second-order valence-electron chi connectivity index (χ2n) is 5.91. The molecule has 2 atom stereocenters. The van der Waals surface area contributed by atoms with Crippen molar-refractivity contribution in [2.75, 3.05) is 6.54 Å². The molecule has 3 amide bonds. The summed E-state index contributed by atoms with van der Waals surface area (Å²) in [5, 5.41) is 13.7. The Morgan fingerprint density at radius 2 is 1.85 bits per heavy atom. The molecule has 2 rings (SSSR count). The molecule has 0 spiro atoms. The van der Waals surface area contributed by atoms with E-state index in [0.717, 1.165) is 17.8 Å². The molecule has 0 aliphatic heterocycles. The largest absolute Gasteiger partial charge is 0.338 e. The van der Waals surface area contributed by atoms with Crippen LogP contribution in [0.25, 0.3) is 11.4 Å². The second kappa shape index (κ2) is 9.38. The van der Waals surface area contributed by atoms with Gasteiger partial charge in [-0.05, 0) is 27.2 Å². The number of nitrogens with one attached hydrogen (secondary N) is 2. The molecule has 0 bridgehead atoms. The lowest BCUT2D eigenvalue weighted by atomic mass is 10.2. The molecule has 1 aromatic carbocycles. The van der Waals surface area contributed by atoms with Crippen LogP contribution in [0.4, 0.5) is 4.79 Å². The third-order valence-electron chi connectivity index (χ3n) is 3.95. The van der Waals surface area contributed by atoms with Crippen molar-refractivity contribution >= 4 is 23.7 Å². The van der Waals surface area contributed by atoms with Crippen molar-refractivity contribution in [2.24, 2.45) is 0 Å². The van der Waals surface area contributed by atoms with E-state index in [9.17, 15) is 9.59 Å². The maximum Gasteiger partial charge on any atom is 0.321 e. The average Bonchev–Trinajstić information content (AvgIpc) is 3.05. The molecule has 0 unspecified atom stereocenters. The van der Waals surface area contributed by atoms with Gasteiger partial charge in [0, 0.05) is 18.2 Å². The summed E-state index contributed by atoms with van der Waals surface area (Å²) >= 11 is 1.29. The molecule has 8 heteroatoms. The van der Waals surface area contributed by atoms with Crippen LogP contribution in [0.3, 0.4) is 0 Å². The van der Waals surface area contributed by atoms with E-state index in [-0.39, 0.29) is 11.9 Å². The average molecular weight is 375 g/mol. The summed E-state index contributed by atoms with van der Waals surface area (Å²) in [6.07, 6.45) is 0.908. The van der Waals surface area contributed by atoms with Crippen LogP contribution in [0.15, 0.2) is 35.5 Å². The lowest BCUT2D eigenvalue weighted by molar-refractivity contribution is -0.119. The maximum absolute atomic E-state index is 12.2. The van der Waals surface area contributed by atoms with Gasteiger partial charge in [-0.1, -0.05) is 49.0 Å². The SMILES string of the molecule is CCNC(=O)NC(=O)[C@@H](C)Sc1nnc(-c2ccccc2)n1[C@H](C)CC. The Bertz CT molecular complexity index is 747. The Hall–Kier alpha value is -2.35. The van der Waals surface area contributed by atoms with Crippen LogP contribution in [0.2, 0.25) is 0 Å². The normalized spacial score (nSPS) is 13.1. The van der Waals surface area contributed by atoms with Crippen molar-refractivity contribution in [3.05, 3.63) is 30.3 Å². The first-order chi connectivity index (χ1) is 12.5. The molecule has 26 heavy (non-hydrogen) atoms. The predicted octanol–water partition coefficient (Wildman–Crippen LogP) is 3.24. The lowest BCUT2D eigenvalue weighted by Gasteiger charge is -2.18. The summed E-state index contributed by atoms with van der Waals surface area (Å²) in [7, 11) is 0. The first-order valence-electron chi connectivity index (χ1n) is 8.73. The number of benzene rings is 1. The van der Waals surface area contributed by atoms with Crippen molar-refractivity contribution in [1.82, 2.24) is 25.4 Å². The van der Waals surface area contributed by atoms with Crippen molar-refractivity contribution in [1.29, 1.82) is 0 Å². The molecule has 140 valence electrons. The van der Waals surface area contributed by atoms with E-state index in [4.69, 9.17) is 0 Å². The summed E-state index contributed by atoms with van der Waals surface area (Å²) in [5.74, 6) is 0.416. The quantitative estimate of drug-likeness (QED) is 0.725. The Balaban J connectivity index is 2.22. The smallest absolute Gasteiger partial charge is 0.321 e. The van der Waals surface area contributed by atoms with E-state index in [1.807, 2.05) is 30.3 Å². The van der Waals surface area contributed by atoms with Crippen molar-refractivity contribution in [2.45, 2.75) is 50.6 Å². The van der Waals surface area contributed by atoms with Crippen LogP contribution in [-0.2, 0) is 4.79 Å². The van der Waals surface area contributed by atoms with Crippen molar-refractivity contribution < 1.29 is 9.59 Å². The van der Waals surface area contributed by atoms with E-state index in [2.05, 4.69) is 39.2 Å². The summed E-state index contributed by atoms with van der Waals surface area (Å²) in [6.45, 7) is 8.20. The number of imide groups is 1. The number of urea groups is 1. The summed E-state index contributed by atoms with van der Waals surface area (Å²) in [6, 6.07) is 9.54. The number of hydrogen-bond acceptors (Lipinski definition) is 5. The Morgan fingerprint density at radius 3 is 2.46 bits per heavy atom. The van der Waals surface area contributed by atoms with Crippen LogP contribution < -0.4 is 10.6 Å². The van der Waals surface area contributed by atoms with Gasteiger partial charge in [0.05, 0.1) is 5.25 Å². The summed E-state index contributed by atoms with van der Waals surface area (Å²) in [5.41, 5.74) is 0.978. The van der Waals surface area contributed by atoms with E-state index in [1.165, 1.54) is 11.8 Å². The molecule has 0 radical (unpaired) electrons. The highest BCUT2D eigenvalue weighted by molar-refractivity contribution is 8.00. The van der Waals surface area contributed by atoms with Crippen LogP contribution in [0.1, 0.15) is 40.2 Å². The molecule has 0 saturated heterocycles. The summed E-state index contributed by atoms with van der Waals surface area (Å²) in [4.78, 5) is 23.7. The van der Waals surface area contributed by atoms with Gasteiger partial charge < -0.3 is 5.32 Å². The monoisotopic (exact) mass is 375 g/mol. The number of thioether (sulfide) groups is 1. The number of nitrogens with zero attached hydrogens (tertiary/aromatic N) is 3.